The van der Waals surface area contributed by atoms with Gasteiger partial charge in [0, 0.05) is 21.8 Å². The molecule has 2 rings (SSSR count). The monoisotopic (exact) mass is 404 g/mol. The highest BCUT2D eigenvalue weighted by Crippen LogP contribution is 2.23. The van der Waals surface area contributed by atoms with Crippen LogP contribution in [0.1, 0.15) is 70.9 Å². The summed E-state index contributed by atoms with van der Waals surface area (Å²) in [4.78, 5) is 27.8. The predicted molar refractivity (Wildman–Crippen MR) is 104 cm³/mol. The van der Waals surface area contributed by atoms with Crippen LogP contribution in [0, 0.1) is 13.8 Å². The van der Waals surface area contributed by atoms with Crippen LogP contribution < -0.4 is 5.32 Å². The third-order valence-corrected chi connectivity index (χ3v) is 5.09. The second-order valence-corrected chi connectivity index (χ2v) is 7.36. The Hall–Kier alpha value is -1.72. The molecule has 5 heteroatoms. The zero-order valence-electron chi connectivity index (χ0n) is 15.4. The molecular formula is C20H25BrN2O2. The van der Waals surface area contributed by atoms with Gasteiger partial charge in [-0.3, -0.25) is 9.59 Å². The van der Waals surface area contributed by atoms with Crippen molar-refractivity contribution in [2.24, 2.45) is 0 Å². The van der Waals surface area contributed by atoms with Crippen LogP contribution in [-0.2, 0) is 0 Å². The van der Waals surface area contributed by atoms with Crippen molar-refractivity contribution in [1.82, 2.24) is 10.3 Å². The van der Waals surface area contributed by atoms with Gasteiger partial charge in [-0.05, 0) is 57.4 Å². The van der Waals surface area contributed by atoms with Gasteiger partial charge >= 0.3 is 0 Å². The van der Waals surface area contributed by atoms with Crippen molar-refractivity contribution in [3.8, 4) is 0 Å². The highest BCUT2D eigenvalue weighted by Gasteiger charge is 2.25. The maximum Gasteiger partial charge on any atom is 0.195 e. The van der Waals surface area contributed by atoms with Crippen molar-refractivity contribution >= 4 is 27.5 Å². The first-order valence-electron chi connectivity index (χ1n) is 8.52. The van der Waals surface area contributed by atoms with Gasteiger partial charge < -0.3 is 10.3 Å². The van der Waals surface area contributed by atoms with Gasteiger partial charge in [0.15, 0.2) is 11.6 Å². The Bertz CT molecular complexity index is 778. The largest absolute Gasteiger partial charge is 0.355 e. The molecule has 0 unspecified atom stereocenters. The number of rotatable bonds is 7. The lowest BCUT2D eigenvalue weighted by Gasteiger charge is -2.22. The van der Waals surface area contributed by atoms with Crippen LogP contribution in [0.3, 0.4) is 0 Å². The molecular weight excluding hydrogens is 380 g/mol. The molecule has 0 aliphatic rings. The van der Waals surface area contributed by atoms with E-state index in [1.165, 1.54) is 6.92 Å². The summed E-state index contributed by atoms with van der Waals surface area (Å²) in [5.41, 5.74) is 3.78. The van der Waals surface area contributed by atoms with Crippen LogP contribution in [0.4, 0.5) is 0 Å². The molecule has 0 aliphatic heterocycles. The number of benzene rings is 1. The van der Waals surface area contributed by atoms with Gasteiger partial charge in [0.2, 0.25) is 0 Å². The number of aromatic amines is 1. The SMILES string of the molecule is CC[C@@H](N[C@H](C)C(=O)c1[nH]c(C)c(C(C)=O)c1C)c1ccc(Br)cc1. The summed E-state index contributed by atoms with van der Waals surface area (Å²) in [6, 6.07) is 7.86. The molecule has 25 heavy (non-hydrogen) atoms. The number of ketones is 2. The Labute approximate surface area is 157 Å². The van der Waals surface area contributed by atoms with Crippen LogP contribution in [-0.4, -0.2) is 22.6 Å². The van der Waals surface area contributed by atoms with E-state index in [9.17, 15) is 9.59 Å². The molecule has 0 radical (unpaired) electrons. The van der Waals surface area contributed by atoms with E-state index in [-0.39, 0.29) is 23.7 Å². The van der Waals surface area contributed by atoms with Crippen molar-refractivity contribution in [2.75, 3.05) is 0 Å². The first-order chi connectivity index (χ1) is 11.8. The molecule has 2 N–H and O–H groups in total. The summed E-state index contributed by atoms with van der Waals surface area (Å²) in [6.45, 7) is 9.14. The maximum atomic E-state index is 12.9. The van der Waals surface area contributed by atoms with E-state index >= 15 is 0 Å². The van der Waals surface area contributed by atoms with Gasteiger partial charge in [-0.25, -0.2) is 0 Å². The average Bonchev–Trinajstić information content (AvgIpc) is 2.87. The van der Waals surface area contributed by atoms with E-state index in [4.69, 9.17) is 0 Å². The molecule has 1 heterocycles. The van der Waals surface area contributed by atoms with E-state index in [1.807, 2.05) is 32.9 Å². The van der Waals surface area contributed by atoms with Crippen LogP contribution in [0.5, 0.6) is 0 Å². The predicted octanol–water partition coefficient (Wildman–Crippen LogP) is 4.91. The summed E-state index contributed by atoms with van der Waals surface area (Å²) in [6.07, 6.45) is 0.876. The van der Waals surface area contributed by atoms with Crippen LogP contribution in [0.15, 0.2) is 28.7 Å². The molecule has 1 aromatic carbocycles. The Morgan fingerprint density at radius 2 is 1.80 bits per heavy atom. The third-order valence-electron chi connectivity index (χ3n) is 4.56. The topological polar surface area (TPSA) is 62.0 Å². The molecule has 2 atom stereocenters. The number of hydrogen-bond donors (Lipinski definition) is 2. The number of hydrogen-bond acceptors (Lipinski definition) is 3. The minimum absolute atomic E-state index is 0.0211. The van der Waals surface area contributed by atoms with Gasteiger partial charge in [-0.1, -0.05) is 35.0 Å². The number of carbonyl (C=O) groups excluding carboxylic acids is 2. The minimum Gasteiger partial charge on any atom is -0.355 e. The van der Waals surface area contributed by atoms with Crippen molar-refractivity contribution in [3.63, 3.8) is 0 Å². The van der Waals surface area contributed by atoms with E-state index in [0.717, 1.165) is 27.7 Å². The molecule has 0 saturated heterocycles. The average molecular weight is 405 g/mol. The molecule has 2 aromatic rings. The van der Waals surface area contributed by atoms with Crippen molar-refractivity contribution in [1.29, 1.82) is 0 Å². The minimum atomic E-state index is -0.356. The first-order valence-corrected chi connectivity index (χ1v) is 9.31. The molecule has 0 fully saturated rings. The molecule has 0 spiro atoms. The zero-order chi connectivity index (χ0) is 18.7. The fourth-order valence-corrected chi connectivity index (χ4v) is 3.53. The summed E-state index contributed by atoms with van der Waals surface area (Å²) in [5, 5.41) is 3.42. The Morgan fingerprint density at radius 1 is 1.20 bits per heavy atom. The molecule has 0 saturated carbocycles. The fraction of sp³-hybridized carbons (Fsp3) is 0.400. The van der Waals surface area contributed by atoms with E-state index in [0.29, 0.717) is 11.3 Å². The lowest BCUT2D eigenvalue weighted by Crippen LogP contribution is -2.37. The quantitative estimate of drug-likeness (QED) is 0.644. The number of carbonyl (C=O) groups is 2. The highest BCUT2D eigenvalue weighted by atomic mass is 79.9. The third kappa shape index (κ3) is 4.28. The second-order valence-electron chi connectivity index (χ2n) is 6.45. The number of aryl methyl sites for hydroxylation is 1. The van der Waals surface area contributed by atoms with Gasteiger partial charge in [-0.2, -0.15) is 0 Å². The van der Waals surface area contributed by atoms with E-state index in [1.54, 1.807) is 0 Å². The number of Topliss-reactive ketones (excluding diaryl/α,β-unsaturated/α-hetero) is 2. The van der Waals surface area contributed by atoms with E-state index < -0.39 is 0 Å². The maximum absolute atomic E-state index is 12.9. The standard InChI is InChI=1S/C20H25BrN2O2/c1-6-17(15-7-9-16(21)10-8-15)22-13(4)20(25)19-11(2)18(14(5)24)12(3)23-19/h7-10,13,17,22-23H,6H2,1-5H3/t13-,17-/m1/s1. The highest BCUT2D eigenvalue weighted by molar-refractivity contribution is 9.10. The fourth-order valence-electron chi connectivity index (χ4n) is 3.26. The van der Waals surface area contributed by atoms with Crippen LogP contribution >= 0.6 is 15.9 Å². The summed E-state index contributed by atoms with van der Waals surface area (Å²) >= 11 is 3.44. The lowest BCUT2D eigenvalue weighted by atomic mass is 10.00. The Morgan fingerprint density at radius 3 is 2.28 bits per heavy atom. The molecule has 0 bridgehead atoms. The van der Waals surface area contributed by atoms with Gasteiger partial charge in [-0.15, -0.1) is 0 Å². The number of halogens is 1. The Balaban J connectivity index is 2.21. The summed E-state index contributed by atoms with van der Waals surface area (Å²) < 4.78 is 1.03. The van der Waals surface area contributed by atoms with Crippen LogP contribution in [0.2, 0.25) is 0 Å². The second kappa shape index (κ2) is 8.11. The van der Waals surface area contributed by atoms with Gasteiger partial charge in [0.1, 0.15) is 0 Å². The normalized spacial score (nSPS) is 13.5. The smallest absolute Gasteiger partial charge is 0.195 e. The number of nitrogens with one attached hydrogen (secondary N) is 2. The first kappa shape index (κ1) is 19.6. The summed E-state index contributed by atoms with van der Waals surface area (Å²) in [7, 11) is 0. The lowest BCUT2D eigenvalue weighted by molar-refractivity contribution is 0.0938. The van der Waals surface area contributed by atoms with Crippen LogP contribution in [0.25, 0.3) is 0 Å². The molecule has 0 aliphatic carbocycles. The number of H-pyrrole nitrogens is 1. The van der Waals surface area contributed by atoms with Gasteiger partial charge in [0.25, 0.3) is 0 Å². The van der Waals surface area contributed by atoms with Gasteiger partial charge in [0.05, 0.1) is 11.7 Å². The van der Waals surface area contributed by atoms with Crippen molar-refractivity contribution in [2.45, 2.75) is 53.1 Å². The molecule has 134 valence electrons. The number of aromatic nitrogens is 1. The summed E-state index contributed by atoms with van der Waals surface area (Å²) in [5.74, 6) is -0.0455. The zero-order valence-corrected chi connectivity index (χ0v) is 17.0. The van der Waals surface area contributed by atoms with Crippen molar-refractivity contribution < 1.29 is 9.59 Å². The van der Waals surface area contributed by atoms with E-state index in [2.05, 4.69) is 45.3 Å². The Kier molecular flexibility index (Phi) is 6.36. The van der Waals surface area contributed by atoms with Crippen molar-refractivity contribution in [3.05, 3.63) is 56.8 Å². The molecule has 0 amide bonds. The molecule has 1 aromatic heterocycles. The molecule has 4 nitrogen and oxygen atoms in total.